The second-order valence-corrected chi connectivity index (χ2v) is 5.96. The smallest absolute Gasteiger partial charge is 0.122 e. The molecule has 0 amide bonds. The predicted molar refractivity (Wildman–Crippen MR) is 77.6 cm³/mol. The van der Waals surface area contributed by atoms with E-state index in [1.807, 2.05) is 0 Å². The molecule has 2 rings (SSSR count). The van der Waals surface area contributed by atoms with Crippen LogP contribution in [0.25, 0.3) is 0 Å². The van der Waals surface area contributed by atoms with Crippen LogP contribution < -0.4 is 4.74 Å². The highest BCUT2D eigenvalue weighted by atomic mass is 35.5. The highest BCUT2D eigenvalue weighted by molar-refractivity contribution is 6.34. The first-order valence-corrected chi connectivity index (χ1v) is 7.40. The van der Waals surface area contributed by atoms with Gasteiger partial charge in [0.1, 0.15) is 11.9 Å². The lowest BCUT2D eigenvalue weighted by atomic mass is 9.79. The first-order chi connectivity index (χ1) is 9.12. The third kappa shape index (κ3) is 3.78. The van der Waals surface area contributed by atoms with Crippen LogP contribution in [0.5, 0.6) is 5.75 Å². The van der Waals surface area contributed by atoms with Crippen molar-refractivity contribution in [1.29, 1.82) is 5.26 Å². The Morgan fingerprint density at radius 1 is 1.26 bits per heavy atom. The summed E-state index contributed by atoms with van der Waals surface area (Å²) in [4.78, 5) is 0. The molecule has 102 valence electrons. The van der Waals surface area contributed by atoms with E-state index in [1.165, 1.54) is 0 Å². The third-order valence-corrected chi connectivity index (χ3v) is 4.20. The van der Waals surface area contributed by atoms with Crippen LogP contribution >= 0.6 is 23.2 Å². The van der Waals surface area contributed by atoms with Gasteiger partial charge in [0, 0.05) is 10.0 Å². The van der Waals surface area contributed by atoms with E-state index in [9.17, 15) is 5.26 Å². The lowest BCUT2D eigenvalue weighted by molar-refractivity contribution is 0.0893. The molecule has 0 heterocycles. The minimum Gasteiger partial charge on any atom is -0.489 e. The van der Waals surface area contributed by atoms with Crippen LogP contribution in [0.2, 0.25) is 10.0 Å². The average molecular weight is 298 g/mol. The Bertz CT molecular complexity index is 463. The summed E-state index contributed by atoms with van der Waals surface area (Å²) in [5.74, 6) is 1.25. The number of benzene rings is 1. The fourth-order valence-corrected chi connectivity index (χ4v) is 3.14. The fraction of sp³-hybridized carbons (Fsp3) is 0.533. The van der Waals surface area contributed by atoms with Gasteiger partial charge in [0.05, 0.1) is 12.0 Å². The second-order valence-electron chi connectivity index (χ2n) is 5.08. The molecule has 1 aromatic rings. The standard InChI is InChI=1S/C15H17Cl2NO/c1-2-10-3-4-11(9-18)15(5-10)19-14-7-12(16)6-13(17)8-14/h6-8,10-11,15H,2-5H2,1H3. The fourth-order valence-electron chi connectivity index (χ4n) is 2.63. The molecule has 4 heteroatoms. The van der Waals surface area contributed by atoms with Crippen molar-refractivity contribution in [3.8, 4) is 11.8 Å². The highest BCUT2D eigenvalue weighted by Crippen LogP contribution is 2.34. The van der Waals surface area contributed by atoms with Crippen molar-refractivity contribution in [3.63, 3.8) is 0 Å². The summed E-state index contributed by atoms with van der Waals surface area (Å²) < 4.78 is 5.96. The zero-order chi connectivity index (χ0) is 13.8. The predicted octanol–water partition coefficient (Wildman–Crippen LogP) is 5.09. The molecule has 0 aliphatic heterocycles. The van der Waals surface area contributed by atoms with E-state index >= 15 is 0 Å². The molecule has 3 atom stereocenters. The summed E-state index contributed by atoms with van der Waals surface area (Å²) in [5.41, 5.74) is 0. The quantitative estimate of drug-likeness (QED) is 0.778. The lowest BCUT2D eigenvalue weighted by Crippen LogP contribution is -2.33. The normalized spacial score (nSPS) is 26.7. The Kier molecular flexibility index (Phi) is 4.96. The molecule has 1 aliphatic rings. The van der Waals surface area contributed by atoms with E-state index in [4.69, 9.17) is 27.9 Å². The topological polar surface area (TPSA) is 33.0 Å². The van der Waals surface area contributed by atoms with Crippen molar-refractivity contribution >= 4 is 23.2 Å². The van der Waals surface area contributed by atoms with Gasteiger partial charge in [0.25, 0.3) is 0 Å². The summed E-state index contributed by atoms with van der Waals surface area (Å²) >= 11 is 11.9. The molecule has 0 radical (unpaired) electrons. The van der Waals surface area contributed by atoms with Crippen LogP contribution in [0.4, 0.5) is 0 Å². The van der Waals surface area contributed by atoms with Crippen molar-refractivity contribution in [2.45, 2.75) is 38.7 Å². The Hall–Kier alpha value is -0.910. The SMILES string of the molecule is CCC1CCC(C#N)C(Oc2cc(Cl)cc(Cl)c2)C1. The molecule has 1 saturated carbocycles. The summed E-state index contributed by atoms with van der Waals surface area (Å²) in [6, 6.07) is 7.53. The molecule has 1 aliphatic carbocycles. The van der Waals surface area contributed by atoms with Gasteiger partial charge in [-0.1, -0.05) is 36.5 Å². The molecule has 0 N–H and O–H groups in total. The minimum absolute atomic E-state index is 0.0412. The maximum atomic E-state index is 9.23. The molecular formula is C15H17Cl2NO. The summed E-state index contributed by atoms with van der Waals surface area (Å²) in [7, 11) is 0. The zero-order valence-electron chi connectivity index (χ0n) is 10.9. The molecule has 0 aromatic heterocycles. The molecule has 1 aromatic carbocycles. The number of nitrogens with zero attached hydrogens (tertiary/aromatic N) is 1. The number of ether oxygens (including phenoxy) is 1. The molecule has 0 saturated heterocycles. The van der Waals surface area contributed by atoms with E-state index in [0.29, 0.717) is 21.7 Å². The summed E-state index contributed by atoms with van der Waals surface area (Å²) in [6.45, 7) is 2.19. The molecule has 0 spiro atoms. The monoisotopic (exact) mass is 297 g/mol. The number of rotatable bonds is 3. The van der Waals surface area contributed by atoms with E-state index in [2.05, 4.69) is 13.0 Å². The molecule has 3 unspecified atom stereocenters. The molecule has 1 fully saturated rings. The van der Waals surface area contributed by atoms with Gasteiger partial charge in [0.15, 0.2) is 0 Å². The van der Waals surface area contributed by atoms with Gasteiger partial charge in [-0.05, 0) is 43.4 Å². The molecule has 0 bridgehead atoms. The Morgan fingerprint density at radius 3 is 2.53 bits per heavy atom. The minimum atomic E-state index is -0.0572. The molecular weight excluding hydrogens is 281 g/mol. The second kappa shape index (κ2) is 6.50. The number of halogens is 2. The van der Waals surface area contributed by atoms with Crippen molar-refractivity contribution < 1.29 is 4.74 Å². The zero-order valence-corrected chi connectivity index (χ0v) is 12.4. The number of nitriles is 1. The third-order valence-electron chi connectivity index (χ3n) is 3.77. The van der Waals surface area contributed by atoms with Gasteiger partial charge in [-0.3, -0.25) is 0 Å². The maximum absolute atomic E-state index is 9.23. The van der Waals surface area contributed by atoms with E-state index in [1.54, 1.807) is 18.2 Å². The van der Waals surface area contributed by atoms with Crippen LogP contribution in [0, 0.1) is 23.2 Å². The Morgan fingerprint density at radius 2 is 1.95 bits per heavy atom. The number of hydrogen-bond donors (Lipinski definition) is 0. The average Bonchev–Trinajstić information content (AvgIpc) is 2.37. The first-order valence-electron chi connectivity index (χ1n) is 6.64. The van der Waals surface area contributed by atoms with Gasteiger partial charge in [0.2, 0.25) is 0 Å². The lowest BCUT2D eigenvalue weighted by Gasteiger charge is -2.32. The maximum Gasteiger partial charge on any atom is 0.122 e. The van der Waals surface area contributed by atoms with E-state index in [-0.39, 0.29) is 12.0 Å². The van der Waals surface area contributed by atoms with Crippen LogP contribution in [-0.2, 0) is 0 Å². The van der Waals surface area contributed by atoms with Crippen LogP contribution in [0.1, 0.15) is 32.6 Å². The Labute approximate surface area is 124 Å². The largest absolute Gasteiger partial charge is 0.489 e. The van der Waals surface area contributed by atoms with Gasteiger partial charge in [-0.2, -0.15) is 5.26 Å². The van der Waals surface area contributed by atoms with E-state index < -0.39 is 0 Å². The van der Waals surface area contributed by atoms with E-state index in [0.717, 1.165) is 25.7 Å². The van der Waals surface area contributed by atoms with Gasteiger partial charge in [-0.15, -0.1) is 0 Å². The summed E-state index contributed by atoms with van der Waals surface area (Å²) in [5, 5.41) is 10.3. The van der Waals surface area contributed by atoms with Gasteiger partial charge >= 0.3 is 0 Å². The summed E-state index contributed by atoms with van der Waals surface area (Å²) in [6.07, 6.45) is 4.03. The van der Waals surface area contributed by atoms with Crippen molar-refractivity contribution in [3.05, 3.63) is 28.2 Å². The van der Waals surface area contributed by atoms with Gasteiger partial charge in [-0.25, -0.2) is 0 Å². The Balaban J connectivity index is 2.12. The van der Waals surface area contributed by atoms with Crippen LogP contribution in [0.3, 0.4) is 0 Å². The number of hydrogen-bond acceptors (Lipinski definition) is 2. The highest BCUT2D eigenvalue weighted by Gasteiger charge is 2.31. The van der Waals surface area contributed by atoms with Crippen LogP contribution in [-0.4, -0.2) is 6.10 Å². The van der Waals surface area contributed by atoms with Crippen molar-refractivity contribution in [2.75, 3.05) is 0 Å². The van der Waals surface area contributed by atoms with Gasteiger partial charge < -0.3 is 4.74 Å². The molecule has 2 nitrogen and oxygen atoms in total. The molecule has 19 heavy (non-hydrogen) atoms. The van der Waals surface area contributed by atoms with Crippen LogP contribution in [0.15, 0.2) is 18.2 Å². The first kappa shape index (κ1) is 14.5. The van der Waals surface area contributed by atoms with Crippen molar-refractivity contribution in [2.24, 2.45) is 11.8 Å². The van der Waals surface area contributed by atoms with Crippen molar-refractivity contribution in [1.82, 2.24) is 0 Å².